The number of carbonyl (C=O) groups excluding carboxylic acids is 1. The van der Waals surface area contributed by atoms with Gasteiger partial charge in [-0.05, 0) is 31.2 Å². The van der Waals surface area contributed by atoms with Crippen LogP contribution in [0.4, 0.5) is 0 Å². The summed E-state index contributed by atoms with van der Waals surface area (Å²) in [6.07, 6.45) is 0. The molecule has 0 atom stereocenters. The van der Waals surface area contributed by atoms with Crippen molar-refractivity contribution >= 4 is 16.9 Å². The quantitative estimate of drug-likeness (QED) is 0.710. The molecule has 0 bridgehead atoms. The highest BCUT2D eigenvalue weighted by atomic mass is 16.5. The summed E-state index contributed by atoms with van der Waals surface area (Å²) < 4.78 is 21.1. The maximum Gasteiger partial charge on any atom is 0.373 e. The van der Waals surface area contributed by atoms with E-state index in [-0.39, 0.29) is 35.7 Å². The van der Waals surface area contributed by atoms with Crippen molar-refractivity contribution in [2.75, 3.05) is 20.3 Å². The zero-order valence-corrected chi connectivity index (χ0v) is 13.7. The van der Waals surface area contributed by atoms with E-state index in [1.165, 1.54) is 19.2 Å². The Balaban J connectivity index is 2.09. The number of aryl methyl sites for hydroxylation is 1. The Hall–Kier alpha value is -3.06. The third kappa shape index (κ3) is 3.14. The SMILES string of the molecule is COC(=O)c1ccc(-c2c(C)oc3cc(OCCO)ccc3c2=O)o1. The van der Waals surface area contributed by atoms with Crippen LogP contribution in [0, 0.1) is 6.92 Å². The minimum Gasteiger partial charge on any atom is -0.491 e. The maximum absolute atomic E-state index is 12.8. The van der Waals surface area contributed by atoms with Crippen LogP contribution in [0.3, 0.4) is 0 Å². The highest BCUT2D eigenvalue weighted by Crippen LogP contribution is 2.27. The number of ether oxygens (including phenoxy) is 2. The van der Waals surface area contributed by atoms with Crippen molar-refractivity contribution in [3.8, 4) is 17.1 Å². The molecular formula is C18H16O7. The van der Waals surface area contributed by atoms with E-state index in [1.807, 2.05) is 0 Å². The van der Waals surface area contributed by atoms with Gasteiger partial charge in [0.25, 0.3) is 0 Å². The van der Waals surface area contributed by atoms with Crippen molar-refractivity contribution in [1.29, 1.82) is 0 Å². The molecule has 0 saturated heterocycles. The maximum atomic E-state index is 12.8. The number of rotatable bonds is 5. The van der Waals surface area contributed by atoms with Crippen LogP contribution in [0.2, 0.25) is 0 Å². The fourth-order valence-electron chi connectivity index (χ4n) is 2.51. The van der Waals surface area contributed by atoms with Gasteiger partial charge >= 0.3 is 5.97 Å². The molecule has 0 amide bonds. The fourth-order valence-corrected chi connectivity index (χ4v) is 2.51. The third-order valence-electron chi connectivity index (χ3n) is 3.64. The van der Waals surface area contributed by atoms with Gasteiger partial charge in [-0.1, -0.05) is 0 Å². The Kier molecular flexibility index (Phi) is 4.58. The number of methoxy groups -OCH3 is 1. The van der Waals surface area contributed by atoms with E-state index in [9.17, 15) is 9.59 Å². The van der Waals surface area contributed by atoms with E-state index in [0.717, 1.165) is 0 Å². The van der Waals surface area contributed by atoms with Crippen molar-refractivity contribution in [3.05, 3.63) is 52.1 Å². The number of benzene rings is 1. The first-order chi connectivity index (χ1) is 12.0. The Morgan fingerprint density at radius 3 is 2.72 bits per heavy atom. The number of hydrogen-bond donors (Lipinski definition) is 1. The molecule has 0 fully saturated rings. The van der Waals surface area contributed by atoms with E-state index in [1.54, 1.807) is 25.1 Å². The first-order valence-corrected chi connectivity index (χ1v) is 7.54. The van der Waals surface area contributed by atoms with Gasteiger partial charge in [-0.25, -0.2) is 4.79 Å². The molecule has 0 aliphatic carbocycles. The molecule has 0 aliphatic rings. The molecule has 1 N–H and O–H groups in total. The number of fused-ring (bicyclic) bond motifs is 1. The standard InChI is InChI=1S/C18H16O7/c1-10-16(13-5-6-14(25-13)18(21)22-2)17(20)12-4-3-11(23-8-7-19)9-15(12)24-10/h3-6,9,19H,7-8H2,1-2H3. The van der Waals surface area contributed by atoms with Gasteiger partial charge in [0.1, 0.15) is 35.0 Å². The lowest BCUT2D eigenvalue weighted by Gasteiger charge is -2.07. The van der Waals surface area contributed by atoms with Crippen molar-refractivity contribution in [1.82, 2.24) is 0 Å². The summed E-state index contributed by atoms with van der Waals surface area (Å²) in [6, 6.07) is 7.76. The summed E-state index contributed by atoms with van der Waals surface area (Å²) in [6.45, 7) is 1.67. The molecule has 0 aliphatic heterocycles. The normalized spacial score (nSPS) is 10.8. The first kappa shape index (κ1) is 16.8. The van der Waals surface area contributed by atoms with Gasteiger partial charge in [0.05, 0.1) is 19.1 Å². The van der Waals surface area contributed by atoms with Crippen LogP contribution in [-0.2, 0) is 4.74 Å². The molecule has 3 aromatic rings. The Bertz CT molecular complexity index is 981. The highest BCUT2D eigenvalue weighted by Gasteiger charge is 2.19. The number of carbonyl (C=O) groups is 1. The number of aliphatic hydroxyl groups excluding tert-OH is 1. The Labute approximate surface area is 142 Å². The molecule has 7 heteroatoms. The summed E-state index contributed by atoms with van der Waals surface area (Å²) in [7, 11) is 1.25. The van der Waals surface area contributed by atoms with Crippen LogP contribution >= 0.6 is 0 Å². The molecule has 2 aromatic heterocycles. The van der Waals surface area contributed by atoms with Crippen LogP contribution in [0.1, 0.15) is 16.3 Å². The monoisotopic (exact) mass is 344 g/mol. The largest absolute Gasteiger partial charge is 0.491 e. The van der Waals surface area contributed by atoms with E-state index in [0.29, 0.717) is 22.5 Å². The zero-order chi connectivity index (χ0) is 18.0. The second-order valence-corrected chi connectivity index (χ2v) is 5.25. The number of aliphatic hydroxyl groups is 1. The molecule has 7 nitrogen and oxygen atoms in total. The van der Waals surface area contributed by atoms with E-state index >= 15 is 0 Å². The second-order valence-electron chi connectivity index (χ2n) is 5.25. The van der Waals surface area contributed by atoms with Crippen molar-refractivity contribution < 1.29 is 28.2 Å². The second kappa shape index (κ2) is 6.82. The Morgan fingerprint density at radius 2 is 2.00 bits per heavy atom. The summed E-state index contributed by atoms with van der Waals surface area (Å²) in [5.74, 6) is 0.448. The average molecular weight is 344 g/mol. The van der Waals surface area contributed by atoms with Gasteiger partial charge in [-0.3, -0.25) is 4.79 Å². The fraction of sp³-hybridized carbons (Fsp3) is 0.222. The molecule has 0 saturated carbocycles. The van der Waals surface area contributed by atoms with Crippen molar-refractivity contribution in [3.63, 3.8) is 0 Å². The van der Waals surface area contributed by atoms with Gasteiger partial charge in [0.15, 0.2) is 0 Å². The predicted molar refractivity (Wildman–Crippen MR) is 88.8 cm³/mol. The van der Waals surface area contributed by atoms with Crippen LogP contribution in [-0.4, -0.2) is 31.4 Å². The van der Waals surface area contributed by atoms with E-state index in [2.05, 4.69) is 4.74 Å². The van der Waals surface area contributed by atoms with Crippen LogP contribution in [0.5, 0.6) is 5.75 Å². The summed E-state index contributed by atoms with van der Waals surface area (Å²) in [5.41, 5.74) is 0.325. The molecule has 0 radical (unpaired) electrons. The lowest BCUT2D eigenvalue weighted by molar-refractivity contribution is 0.0566. The van der Waals surface area contributed by atoms with E-state index < -0.39 is 5.97 Å². The molecule has 25 heavy (non-hydrogen) atoms. The summed E-state index contributed by atoms with van der Waals surface area (Å²) in [4.78, 5) is 24.3. The van der Waals surface area contributed by atoms with Gasteiger partial charge in [-0.15, -0.1) is 0 Å². The lowest BCUT2D eigenvalue weighted by atomic mass is 10.1. The van der Waals surface area contributed by atoms with E-state index in [4.69, 9.17) is 18.7 Å². The van der Waals surface area contributed by atoms with Crippen LogP contribution in [0.25, 0.3) is 22.3 Å². The van der Waals surface area contributed by atoms with Gasteiger partial charge in [0.2, 0.25) is 11.2 Å². The molecular weight excluding hydrogens is 328 g/mol. The number of furan rings is 1. The molecule has 0 unspecified atom stereocenters. The molecule has 1 aromatic carbocycles. The Morgan fingerprint density at radius 1 is 1.20 bits per heavy atom. The van der Waals surface area contributed by atoms with Crippen LogP contribution in [0.15, 0.2) is 44.0 Å². The third-order valence-corrected chi connectivity index (χ3v) is 3.64. The van der Waals surface area contributed by atoms with Crippen molar-refractivity contribution in [2.24, 2.45) is 0 Å². The van der Waals surface area contributed by atoms with Gasteiger partial charge in [-0.2, -0.15) is 0 Å². The molecule has 3 rings (SSSR count). The van der Waals surface area contributed by atoms with Gasteiger partial charge in [0, 0.05) is 6.07 Å². The predicted octanol–water partition coefficient (Wildman–Crippen LogP) is 2.52. The average Bonchev–Trinajstić information content (AvgIpc) is 3.08. The smallest absolute Gasteiger partial charge is 0.373 e. The van der Waals surface area contributed by atoms with Gasteiger partial charge < -0.3 is 23.4 Å². The van der Waals surface area contributed by atoms with Crippen LogP contribution < -0.4 is 10.2 Å². The lowest BCUT2D eigenvalue weighted by Crippen LogP contribution is -2.08. The van der Waals surface area contributed by atoms with Crippen molar-refractivity contribution in [2.45, 2.75) is 6.92 Å². The minimum atomic E-state index is -0.625. The highest BCUT2D eigenvalue weighted by molar-refractivity contribution is 5.88. The summed E-state index contributed by atoms with van der Waals surface area (Å²) >= 11 is 0. The molecule has 0 spiro atoms. The number of esters is 1. The first-order valence-electron chi connectivity index (χ1n) is 7.54. The summed E-state index contributed by atoms with van der Waals surface area (Å²) in [5, 5.41) is 9.16. The molecule has 2 heterocycles. The minimum absolute atomic E-state index is 0.00384. The topological polar surface area (TPSA) is 99.1 Å². The molecule has 130 valence electrons. The zero-order valence-electron chi connectivity index (χ0n) is 13.7. The number of hydrogen-bond acceptors (Lipinski definition) is 7.